The van der Waals surface area contributed by atoms with Crippen molar-refractivity contribution in [2.45, 2.75) is 57.0 Å². The molecular formula is C12H24N2. The van der Waals surface area contributed by atoms with Crippen molar-refractivity contribution >= 4 is 0 Å². The highest BCUT2D eigenvalue weighted by molar-refractivity contribution is 4.84. The molecule has 0 aromatic carbocycles. The van der Waals surface area contributed by atoms with E-state index >= 15 is 0 Å². The third kappa shape index (κ3) is 2.48. The normalized spacial score (nSPS) is 34.5. The van der Waals surface area contributed by atoms with Crippen molar-refractivity contribution in [3.63, 3.8) is 0 Å². The Kier molecular flexibility index (Phi) is 3.45. The van der Waals surface area contributed by atoms with Crippen LogP contribution in [-0.4, -0.2) is 30.6 Å². The second-order valence-corrected chi connectivity index (χ2v) is 5.32. The average molecular weight is 196 g/mol. The molecule has 0 aromatic rings. The van der Waals surface area contributed by atoms with Gasteiger partial charge in [-0.2, -0.15) is 0 Å². The van der Waals surface area contributed by atoms with Gasteiger partial charge >= 0.3 is 0 Å². The monoisotopic (exact) mass is 196 g/mol. The number of nitrogens with zero attached hydrogens (tertiary/aromatic N) is 1. The maximum Gasteiger partial charge on any atom is 0.0108 e. The van der Waals surface area contributed by atoms with Crippen LogP contribution in [0.1, 0.15) is 44.9 Å². The van der Waals surface area contributed by atoms with E-state index in [4.69, 9.17) is 5.73 Å². The van der Waals surface area contributed by atoms with E-state index in [9.17, 15) is 0 Å². The summed E-state index contributed by atoms with van der Waals surface area (Å²) in [5.41, 5.74) is 5.94. The van der Waals surface area contributed by atoms with Crippen molar-refractivity contribution in [3.8, 4) is 0 Å². The summed E-state index contributed by atoms with van der Waals surface area (Å²) in [4.78, 5) is 2.57. The zero-order valence-electron chi connectivity index (χ0n) is 9.41. The molecule has 2 heteroatoms. The molecule has 0 aromatic heterocycles. The van der Waals surface area contributed by atoms with Crippen LogP contribution in [0.5, 0.6) is 0 Å². The van der Waals surface area contributed by atoms with Crippen LogP contribution < -0.4 is 5.73 Å². The van der Waals surface area contributed by atoms with Crippen LogP contribution >= 0.6 is 0 Å². The smallest absolute Gasteiger partial charge is 0.0108 e. The molecule has 0 heterocycles. The van der Waals surface area contributed by atoms with E-state index < -0.39 is 0 Å². The largest absolute Gasteiger partial charge is 0.328 e. The highest BCUT2D eigenvalue weighted by Crippen LogP contribution is 2.28. The molecule has 14 heavy (non-hydrogen) atoms. The summed E-state index contributed by atoms with van der Waals surface area (Å²) >= 11 is 0. The molecule has 0 spiro atoms. The maximum absolute atomic E-state index is 5.94. The topological polar surface area (TPSA) is 29.3 Å². The Morgan fingerprint density at radius 1 is 1.14 bits per heavy atom. The molecule has 0 saturated heterocycles. The standard InChI is InChI=1S/C12H24N2/c1-14(9-10-4-2-3-5-10)12-7-6-11(13)8-12/h10-12H,2-9,13H2,1H3. The van der Waals surface area contributed by atoms with Crippen molar-refractivity contribution in [1.82, 2.24) is 4.90 Å². The first-order chi connectivity index (χ1) is 6.75. The molecule has 2 nitrogen and oxygen atoms in total. The molecule has 0 amide bonds. The van der Waals surface area contributed by atoms with E-state index in [1.54, 1.807) is 0 Å². The molecule has 0 aliphatic heterocycles. The molecule has 2 rings (SSSR count). The van der Waals surface area contributed by atoms with Gasteiger partial charge in [0.05, 0.1) is 0 Å². The van der Waals surface area contributed by atoms with Crippen LogP contribution in [0, 0.1) is 5.92 Å². The van der Waals surface area contributed by atoms with E-state index in [1.165, 1.54) is 51.5 Å². The molecule has 2 fully saturated rings. The lowest BCUT2D eigenvalue weighted by Crippen LogP contribution is -2.34. The minimum absolute atomic E-state index is 0.478. The Labute approximate surface area is 87.8 Å². The Bertz CT molecular complexity index is 175. The molecule has 0 bridgehead atoms. The van der Waals surface area contributed by atoms with Gasteiger partial charge in [-0.25, -0.2) is 0 Å². The minimum Gasteiger partial charge on any atom is -0.328 e. The Hall–Kier alpha value is -0.0800. The van der Waals surface area contributed by atoms with Crippen LogP contribution in [0.2, 0.25) is 0 Å². The van der Waals surface area contributed by atoms with Crippen LogP contribution in [0.25, 0.3) is 0 Å². The summed E-state index contributed by atoms with van der Waals surface area (Å²) in [6, 6.07) is 1.26. The molecule has 2 aliphatic rings. The van der Waals surface area contributed by atoms with E-state index in [0.717, 1.165) is 12.0 Å². The Morgan fingerprint density at radius 3 is 2.43 bits per heavy atom. The summed E-state index contributed by atoms with van der Waals surface area (Å²) < 4.78 is 0. The highest BCUT2D eigenvalue weighted by atomic mass is 15.1. The van der Waals surface area contributed by atoms with E-state index in [2.05, 4.69) is 11.9 Å². The fraction of sp³-hybridized carbons (Fsp3) is 1.00. The van der Waals surface area contributed by atoms with Crippen molar-refractivity contribution in [1.29, 1.82) is 0 Å². The predicted molar refractivity (Wildman–Crippen MR) is 60.2 cm³/mol. The van der Waals surface area contributed by atoms with Gasteiger partial charge in [-0.15, -0.1) is 0 Å². The van der Waals surface area contributed by atoms with Gasteiger partial charge < -0.3 is 10.6 Å². The molecule has 0 radical (unpaired) electrons. The highest BCUT2D eigenvalue weighted by Gasteiger charge is 2.27. The zero-order valence-corrected chi connectivity index (χ0v) is 9.41. The number of hydrogen-bond donors (Lipinski definition) is 1. The zero-order chi connectivity index (χ0) is 9.97. The van der Waals surface area contributed by atoms with Gasteiger partial charge in [0.1, 0.15) is 0 Å². The summed E-state index contributed by atoms with van der Waals surface area (Å²) in [6.45, 7) is 1.32. The Balaban J connectivity index is 1.74. The van der Waals surface area contributed by atoms with E-state index in [-0.39, 0.29) is 0 Å². The maximum atomic E-state index is 5.94. The fourth-order valence-electron chi connectivity index (χ4n) is 3.14. The van der Waals surface area contributed by atoms with Gasteiger partial charge in [0, 0.05) is 18.6 Å². The number of hydrogen-bond acceptors (Lipinski definition) is 2. The number of rotatable bonds is 3. The van der Waals surface area contributed by atoms with Crippen molar-refractivity contribution < 1.29 is 0 Å². The lowest BCUT2D eigenvalue weighted by Gasteiger charge is -2.27. The molecule has 2 unspecified atom stereocenters. The third-order valence-corrected chi connectivity index (χ3v) is 4.09. The van der Waals surface area contributed by atoms with Gasteiger partial charge in [-0.3, -0.25) is 0 Å². The molecule has 2 aliphatic carbocycles. The van der Waals surface area contributed by atoms with Crippen LogP contribution in [0.3, 0.4) is 0 Å². The van der Waals surface area contributed by atoms with Gasteiger partial charge in [0.25, 0.3) is 0 Å². The van der Waals surface area contributed by atoms with Gasteiger partial charge in [0.15, 0.2) is 0 Å². The minimum atomic E-state index is 0.478. The SMILES string of the molecule is CN(CC1CCCC1)C1CCC(N)C1. The first-order valence-corrected chi connectivity index (χ1v) is 6.21. The third-order valence-electron chi connectivity index (χ3n) is 4.09. The second kappa shape index (κ2) is 4.63. The van der Waals surface area contributed by atoms with Gasteiger partial charge in [0.2, 0.25) is 0 Å². The molecule has 82 valence electrons. The predicted octanol–water partition coefficient (Wildman–Crippen LogP) is 1.99. The summed E-state index contributed by atoms with van der Waals surface area (Å²) in [6.07, 6.45) is 9.63. The van der Waals surface area contributed by atoms with Crippen LogP contribution in [0.15, 0.2) is 0 Å². The van der Waals surface area contributed by atoms with Crippen molar-refractivity contribution in [2.24, 2.45) is 11.7 Å². The van der Waals surface area contributed by atoms with E-state index in [0.29, 0.717) is 6.04 Å². The van der Waals surface area contributed by atoms with E-state index in [1.807, 2.05) is 0 Å². The lowest BCUT2D eigenvalue weighted by atomic mass is 10.1. The lowest BCUT2D eigenvalue weighted by molar-refractivity contribution is 0.208. The second-order valence-electron chi connectivity index (χ2n) is 5.32. The Morgan fingerprint density at radius 2 is 1.86 bits per heavy atom. The first-order valence-electron chi connectivity index (χ1n) is 6.21. The summed E-state index contributed by atoms with van der Waals surface area (Å²) in [7, 11) is 2.29. The fourth-order valence-corrected chi connectivity index (χ4v) is 3.14. The van der Waals surface area contributed by atoms with Gasteiger partial charge in [-0.05, 0) is 45.1 Å². The molecular weight excluding hydrogens is 172 g/mol. The summed E-state index contributed by atoms with van der Waals surface area (Å²) in [5, 5.41) is 0. The van der Waals surface area contributed by atoms with Crippen LogP contribution in [0.4, 0.5) is 0 Å². The van der Waals surface area contributed by atoms with Crippen LogP contribution in [-0.2, 0) is 0 Å². The molecule has 2 atom stereocenters. The summed E-state index contributed by atoms with van der Waals surface area (Å²) in [5.74, 6) is 0.983. The van der Waals surface area contributed by atoms with Gasteiger partial charge in [-0.1, -0.05) is 12.8 Å². The van der Waals surface area contributed by atoms with Crippen molar-refractivity contribution in [3.05, 3.63) is 0 Å². The average Bonchev–Trinajstić information content (AvgIpc) is 2.75. The molecule has 2 N–H and O–H groups in total. The number of nitrogens with two attached hydrogens (primary N) is 1. The quantitative estimate of drug-likeness (QED) is 0.748. The van der Waals surface area contributed by atoms with Crippen molar-refractivity contribution in [2.75, 3.05) is 13.6 Å². The molecule has 2 saturated carbocycles. The first kappa shape index (κ1) is 10.4.